The van der Waals surface area contributed by atoms with Crippen molar-refractivity contribution in [2.75, 3.05) is 5.32 Å². The van der Waals surface area contributed by atoms with Gasteiger partial charge in [0.1, 0.15) is 11.6 Å². The van der Waals surface area contributed by atoms with Crippen LogP contribution in [0.5, 0.6) is 0 Å². The molecule has 0 aliphatic rings. The van der Waals surface area contributed by atoms with Crippen LogP contribution in [0.4, 0.5) is 5.69 Å². The average Bonchev–Trinajstić information content (AvgIpc) is 2.57. The number of rotatable bonds is 3. The summed E-state index contributed by atoms with van der Waals surface area (Å²) in [6.45, 7) is 2.53. The highest BCUT2D eigenvalue weighted by Gasteiger charge is 2.02. The van der Waals surface area contributed by atoms with Crippen LogP contribution in [0.15, 0.2) is 24.3 Å². The summed E-state index contributed by atoms with van der Waals surface area (Å²) in [5.41, 5.74) is 1.02. The number of anilines is 1. The van der Waals surface area contributed by atoms with E-state index >= 15 is 0 Å². The Kier molecular flexibility index (Phi) is 3.10. The zero-order chi connectivity index (χ0) is 11.5. The Hall–Kier alpha value is -1.55. The number of halogens is 1. The van der Waals surface area contributed by atoms with E-state index < -0.39 is 0 Å². The number of nitrogens with one attached hydrogen (secondary N) is 1. The van der Waals surface area contributed by atoms with Crippen molar-refractivity contribution in [3.05, 3.63) is 40.9 Å². The summed E-state index contributed by atoms with van der Waals surface area (Å²) >= 11 is 5.80. The standard InChI is InChI=1S/C11H13ClN4/c1-8-14-11(16(2)15-8)7-13-10-5-3-9(12)4-6-10/h3-6,13H,7H2,1-2H3. The second-order valence-electron chi connectivity index (χ2n) is 3.56. The molecule has 0 aliphatic carbocycles. The Morgan fingerprint density at radius 1 is 1.31 bits per heavy atom. The minimum absolute atomic E-state index is 0.652. The lowest BCUT2D eigenvalue weighted by Gasteiger charge is -2.05. The summed E-state index contributed by atoms with van der Waals surface area (Å²) < 4.78 is 1.78. The smallest absolute Gasteiger partial charge is 0.147 e. The van der Waals surface area contributed by atoms with E-state index in [1.54, 1.807) is 4.68 Å². The summed E-state index contributed by atoms with van der Waals surface area (Å²) in [6, 6.07) is 7.58. The first-order valence-electron chi connectivity index (χ1n) is 5.01. The molecule has 1 N–H and O–H groups in total. The number of hydrogen-bond acceptors (Lipinski definition) is 3. The fourth-order valence-corrected chi connectivity index (χ4v) is 1.59. The van der Waals surface area contributed by atoms with Crippen LogP contribution in [0.2, 0.25) is 5.02 Å². The van der Waals surface area contributed by atoms with Gasteiger partial charge in [-0.3, -0.25) is 4.68 Å². The maximum Gasteiger partial charge on any atom is 0.147 e. The van der Waals surface area contributed by atoms with E-state index in [1.165, 1.54) is 0 Å². The molecule has 0 aliphatic heterocycles. The van der Waals surface area contributed by atoms with E-state index in [4.69, 9.17) is 11.6 Å². The molecule has 4 nitrogen and oxygen atoms in total. The molecule has 1 aromatic carbocycles. The summed E-state index contributed by atoms with van der Waals surface area (Å²) in [5, 5.41) is 8.18. The molecule has 1 aromatic heterocycles. The molecule has 0 bridgehead atoms. The van der Waals surface area contributed by atoms with Gasteiger partial charge in [-0.25, -0.2) is 4.98 Å². The molecular weight excluding hydrogens is 224 g/mol. The zero-order valence-corrected chi connectivity index (χ0v) is 9.99. The SMILES string of the molecule is Cc1nc(CNc2ccc(Cl)cc2)n(C)n1. The van der Waals surface area contributed by atoms with Crippen LogP contribution in [0.3, 0.4) is 0 Å². The van der Waals surface area contributed by atoms with Gasteiger partial charge in [0.05, 0.1) is 6.54 Å². The van der Waals surface area contributed by atoms with Gasteiger partial charge in [0.25, 0.3) is 0 Å². The van der Waals surface area contributed by atoms with E-state index in [-0.39, 0.29) is 0 Å². The second kappa shape index (κ2) is 4.53. The van der Waals surface area contributed by atoms with Gasteiger partial charge < -0.3 is 5.32 Å². The second-order valence-corrected chi connectivity index (χ2v) is 4.00. The highest BCUT2D eigenvalue weighted by Crippen LogP contribution is 2.13. The van der Waals surface area contributed by atoms with Crippen LogP contribution < -0.4 is 5.32 Å². The van der Waals surface area contributed by atoms with Crippen LogP contribution in [0.25, 0.3) is 0 Å². The third-order valence-corrected chi connectivity index (χ3v) is 2.51. The summed E-state index contributed by atoms with van der Waals surface area (Å²) in [6.07, 6.45) is 0. The van der Waals surface area contributed by atoms with Gasteiger partial charge >= 0.3 is 0 Å². The predicted octanol–water partition coefficient (Wildman–Crippen LogP) is 2.39. The number of aryl methyl sites for hydroxylation is 2. The van der Waals surface area contributed by atoms with Gasteiger partial charge in [0, 0.05) is 17.8 Å². The minimum Gasteiger partial charge on any atom is -0.378 e. The van der Waals surface area contributed by atoms with Crippen LogP contribution in [0.1, 0.15) is 11.6 Å². The first-order chi connectivity index (χ1) is 7.65. The molecule has 0 fully saturated rings. The number of aromatic nitrogens is 3. The third kappa shape index (κ3) is 2.52. The van der Waals surface area contributed by atoms with E-state index in [2.05, 4.69) is 15.4 Å². The first kappa shape index (κ1) is 11.0. The number of benzene rings is 1. The van der Waals surface area contributed by atoms with Crippen LogP contribution >= 0.6 is 11.6 Å². The van der Waals surface area contributed by atoms with Gasteiger partial charge in [0.15, 0.2) is 0 Å². The lowest BCUT2D eigenvalue weighted by atomic mass is 10.3. The van der Waals surface area contributed by atoms with Crippen molar-refractivity contribution in [1.82, 2.24) is 14.8 Å². The largest absolute Gasteiger partial charge is 0.378 e. The van der Waals surface area contributed by atoms with Crippen molar-refractivity contribution in [3.63, 3.8) is 0 Å². The van der Waals surface area contributed by atoms with Gasteiger partial charge in [-0.15, -0.1) is 0 Å². The predicted molar refractivity (Wildman–Crippen MR) is 64.5 cm³/mol. The van der Waals surface area contributed by atoms with Gasteiger partial charge in [0.2, 0.25) is 0 Å². The van der Waals surface area contributed by atoms with Crippen LogP contribution in [-0.2, 0) is 13.6 Å². The Morgan fingerprint density at radius 3 is 2.56 bits per heavy atom. The summed E-state index contributed by atoms with van der Waals surface area (Å²) in [4.78, 5) is 4.31. The molecular formula is C11H13ClN4. The molecule has 0 spiro atoms. The average molecular weight is 237 g/mol. The van der Waals surface area contributed by atoms with Gasteiger partial charge in [-0.2, -0.15) is 5.10 Å². The maximum absolute atomic E-state index is 5.80. The molecule has 2 rings (SSSR count). The molecule has 0 radical (unpaired) electrons. The highest BCUT2D eigenvalue weighted by molar-refractivity contribution is 6.30. The van der Waals surface area contributed by atoms with Gasteiger partial charge in [-0.1, -0.05) is 11.6 Å². The van der Waals surface area contributed by atoms with Crippen molar-refractivity contribution in [1.29, 1.82) is 0 Å². The summed E-state index contributed by atoms with van der Waals surface area (Å²) in [5.74, 6) is 1.70. The number of nitrogens with zero attached hydrogens (tertiary/aromatic N) is 3. The van der Waals surface area contributed by atoms with Crippen molar-refractivity contribution < 1.29 is 0 Å². The van der Waals surface area contributed by atoms with E-state index in [0.717, 1.165) is 22.4 Å². The lowest BCUT2D eigenvalue weighted by molar-refractivity contribution is 0.708. The Labute approximate surface area is 99.3 Å². The Balaban J connectivity index is 2.02. The molecule has 5 heteroatoms. The topological polar surface area (TPSA) is 42.7 Å². The van der Waals surface area contributed by atoms with E-state index in [0.29, 0.717) is 6.54 Å². The summed E-state index contributed by atoms with van der Waals surface area (Å²) in [7, 11) is 1.89. The Morgan fingerprint density at radius 2 is 2.00 bits per heavy atom. The number of hydrogen-bond donors (Lipinski definition) is 1. The molecule has 0 saturated heterocycles. The highest BCUT2D eigenvalue weighted by atomic mass is 35.5. The molecule has 0 saturated carbocycles. The molecule has 0 amide bonds. The van der Waals surface area contributed by atoms with Crippen molar-refractivity contribution >= 4 is 17.3 Å². The van der Waals surface area contributed by atoms with Crippen LogP contribution in [0, 0.1) is 6.92 Å². The minimum atomic E-state index is 0.652. The Bertz CT molecular complexity index is 475. The molecule has 0 atom stereocenters. The molecule has 16 heavy (non-hydrogen) atoms. The monoisotopic (exact) mass is 236 g/mol. The van der Waals surface area contributed by atoms with E-state index in [9.17, 15) is 0 Å². The van der Waals surface area contributed by atoms with Crippen molar-refractivity contribution in [2.24, 2.45) is 7.05 Å². The molecule has 84 valence electrons. The quantitative estimate of drug-likeness (QED) is 0.890. The van der Waals surface area contributed by atoms with Crippen molar-refractivity contribution in [2.45, 2.75) is 13.5 Å². The zero-order valence-electron chi connectivity index (χ0n) is 9.24. The van der Waals surface area contributed by atoms with Gasteiger partial charge in [-0.05, 0) is 31.2 Å². The molecule has 2 aromatic rings. The first-order valence-corrected chi connectivity index (χ1v) is 5.39. The maximum atomic E-state index is 5.80. The third-order valence-electron chi connectivity index (χ3n) is 2.25. The fourth-order valence-electron chi connectivity index (χ4n) is 1.46. The molecule has 1 heterocycles. The fraction of sp³-hybridized carbons (Fsp3) is 0.273. The van der Waals surface area contributed by atoms with E-state index in [1.807, 2.05) is 38.2 Å². The van der Waals surface area contributed by atoms with Crippen molar-refractivity contribution in [3.8, 4) is 0 Å². The lowest BCUT2D eigenvalue weighted by Crippen LogP contribution is -2.06. The normalized spacial score (nSPS) is 10.4. The molecule has 0 unspecified atom stereocenters. The van der Waals surface area contributed by atoms with Crippen LogP contribution in [-0.4, -0.2) is 14.8 Å².